The molecule has 140 valence electrons. The summed E-state index contributed by atoms with van der Waals surface area (Å²) in [6.07, 6.45) is -3.73. The molecule has 1 aromatic heterocycles. The van der Waals surface area contributed by atoms with E-state index in [2.05, 4.69) is 5.10 Å². The van der Waals surface area contributed by atoms with E-state index < -0.39 is 23.0 Å². The number of nitrogens with zero attached hydrogens (tertiary/aromatic N) is 3. The van der Waals surface area contributed by atoms with Crippen LogP contribution in [0.5, 0.6) is 0 Å². The molecule has 0 aliphatic carbocycles. The highest BCUT2D eigenvalue weighted by atomic mass is 35.5. The molecule has 0 spiro atoms. The molecule has 3 rings (SSSR count). The smallest absolute Gasteiger partial charge is 0.266 e. The average molecular weight is 402 g/mol. The third kappa shape index (κ3) is 3.97. The summed E-state index contributed by atoms with van der Waals surface area (Å²) in [7, 11) is 0. The Morgan fingerprint density at radius 1 is 1.07 bits per heavy atom. The second-order valence-electron chi connectivity index (χ2n) is 5.71. The SMILES string of the molecule is N#Cc1c(-c2ccc(Cl)cc2)cc(C(F)(F)F)n(/N=C/c2ccccc2)c1=O. The Bertz CT molecular complexity index is 1130. The fourth-order valence-corrected chi connectivity index (χ4v) is 2.67. The zero-order valence-corrected chi connectivity index (χ0v) is 14.9. The van der Waals surface area contributed by atoms with Gasteiger partial charge >= 0.3 is 6.18 Å². The molecule has 0 aliphatic heterocycles. The van der Waals surface area contributed by atoms with Gasteiger partial charge in [-0.15, -0.1) is 0 Å². The van der Waals surface area contributed by atoms with E-state index in [0.717, 1.165) is 12.3 Å². The highest BCUT2D eigenvalue weighted by Crippen LogP contribution is 2.33. The predicted molar refractivity (Wildman–Crippen MR) is 100 cm³/mol. The van der Waals surface area contributed by atoms with Gasteiger partial charge in [-0.05, 0) is 29.3 Å². The maximum atomic E-state index is 13.6. The van der Waals surface area contributed by atoms with Crippen LogP contribution < -0.4 is 5.56 Å². The molecule has 0 bridgehead atoms. The Kier molecular flexibility index (Phi) is 5.34. The molecule has 28 heavy (non-hydrogen) atoms. The number of benzene rings is 2. The quantitative estimate of drug-likeness (QED) is 0.583. The van der Waals surface area contributed by atoms with Gasteiger partial charge in [-0.1, -0.05) is 54.1 Å². The molecule has 0 saturated carbocycles. The van der Waals surface area contributed by atoms with Crippen molar-refractivity contribution >= 4 is 17.8 Å². The van der Waals surface area contributed by atoms with Crippen LogP contribution in [-0.2, 0) is 6.18 Å². The Hall–Kier alpha value is -3.37. The van der Waals surface area contributed by atoms with Gasteiger partial charge in [-0.2, -0.15) is 28.2 Å². The number of hydrogen-bond acceptors (Lipinski definition) is 3. The van der Waals surface area contributed by atoms with E-state index in [1.807, 2.05) is 0 Å². The van der Waals surface area contributed by atoms with E-state index in [0.29, 0.717) is 10.6 Å². The van der Waals surface area contributed by atoms with E-state index in [1.165, 1.54) is 24.3 Å². The van der Waals surface area contributed by atoms with Crippen molar-refractivity contribution in [3.05, 3.63) is 92.9 Å². The molecule has 2 aromatic carbocycles. The van der Waals surface area contributed by atoms with Gasteiger partial charge < -0.3 is 0 Å². The molecule has 1 heterocycles. The lowest BCUT2D eigenvalue weighted by Crippen LogP contribution is -2.28. The van der Waals surface area contributed by atoms with Crippen molar-refractivity contribution in [1.82, 2.24) is 4.68 Å². The van der Waals surface area contributed by atoms with Gasteiger partial charge in [-0.3, -0.25) is 4.79 Å². The van der Waals surface area contributed by atoms with Crippen LogP contribution in [0.25, 0.3) is 11.1 Å². The summed E-state index contributed by atoms with van der Waals surface area (Å²) in [5.74, 6) is 0. The van der Waals surface area contributed by atoms with Crippen molar-refractivity contribution in [1.29, 1.82) is 5.26 Å². The molecule has 4 nitrogen and oxygen atoms in total. The molecule has 0 N–H and O–H groups in total. The number of aromatic nitrogens is 1. The minimum absolute atomic E-state index is 0.136. The zero-order valence-electron chi connectivity index (χ0n) is 14.1. The lowest BCUT2D eigenvalue weighted by atomic mass is 10.0. The van der Waals surface area contributed by atoms with Gasteiger partial charge in [0.25, 0.3) is 5.56 Å². The van der Waals surface area contributed by atoms with E-state index in [1.54, 1.807) is 36.4 Å². The first-order chi connectivity index (χ1) is 13.3. The van der Waals surface area contributed by atoms with Gasteiger partial charge in [-0.25, -0.2) is 0 Å². The molecule has 0 atom stereocenters. The monoisotopic (exact) mass is 401 g/mol. The van der Waals surface area contributed by atoms with Crippen LogP contribution in [0, 0.1) is 11.3 Å². The molecule has 0 fully saturated rings. The van der Waals surface area contributed by atoms with Gasteiger partial charge in [0.2, 0.25) is 0 Å². The third-order valence-electron chi connectivity index (χ3n) is 3.86. The summed E-state index contributed by atoms with van der Waals surface area (Å²) in [6.45, 7) is 0. The largest absolute Gasteiger partial charge is 0.433 e. The summed E-state index contributed by atoms with van der Waals surface area (Å²) in [4.78, 5) is 12.7. The number of nitriles is 1. The average Bonchev–Trinajstić information content (AvgIpc) is 2.67. The second kappa shape index (κ2) is 7.71. The van der Waals surface area contributed by atoms with Crippen molar-refractivity contribution in [3.63, 3.8) is 0 Å². The molecule has 0 saturated heterocycles. The Morgan fingerprint density at radius 2 is 1.71 bits per heavy atom. The minimum atomic E-state index is -4.86. The Balaban J connectivity index is 2.25. The molecule has 0 unspecified atom stereocenters. The maximum Gasteiger partial charge on any atom is 0.433 e. The zero-order chi connectivity index (χ0) is 20.3. The standard InChI is InChI=1S/C20H11ClF3N3O/c21-15-8-6-14(7-9-15)16-10-18(20(22,23)24)27(19(28)17(16)11-25)26-12-13-4-2-1-3-5-13/h1-10,12H/b26-12+. The first kappa shape index (κ1) is 19.4. The van der Waals surface area contributed by atoms with Gasteiger partial charge in [0.1, 0.15) is 11.6 Å². The van der Waals surface area contributed by atoms with Crippen molar-refractivity contribution in [3.8, 4) is 17.2 Å². The Labute approximate surface area is 162 Å². The topological polar surface area (TPSA) is 58.1 Å². The van der Waals surface area contributed by atoms with Crippen molar-refractivity contribution in [2.75, 3.05) is 0 Å². The van der Waals surface area contributed by atoms with Crippen LogP contribution in [0.1, 0.15) is 16.8 Å². The molecule has 0 radical (unpaired) electrons. The van der Waals surface area contributed by atoms with Crippen molar-refractivity contribution < 1.29 is 13.2 Å². The van der Waals surface area contributed by atoms with Crippen LogP contribution in [0.3, 0.4) is 0 Å². The summed E-state index contributed by atoms with van der Waals surface area (Å²) in [5, 5.41) is 13.5. The first-order valence-electron chi connectivity index (χ1n) is 7.94. The van der Waals surface area contributed by atoms with E-state index in [-0.39, 0.29) is 15.8 Å². The minimum Gasteiger partial charge on any atom is -0.266 e. The van der Waals surface area contributed by atoms with Gasteiger partial charge in [0.15, 0.2) is 5.69 Å². The normalized spacial score (nSPS) is 11.5. The van der Waals surface area contributed by atoms with E-state index >= 15 is 0 Å². The summed E-state index contributed by atoms with van der Waals surface area (Å²) in [6, 6.07) is 16.6. The number of halogens is 4. The first-order valence-corrected chi connectivity index (χ1v) is 8.32. The lowest BCUT2D eigenvalue weighted by molar-refractivity contribution is -0.143. The van der Waals surface area contributed by atoms with Crippen LogP contribution in [0.2, 0.25) is 5.02 Å². The summed E-state index contributed by atoms with van der Waals surface area (Å²) in [5.41, 5.74) is -2.25. The van der Waals surface area contributed by atoms with Crippen LogP contribution in [-0.4, -0.2) is 10.9 Å². The summed E-state index contributed by atoms with van der Waals surface area (Å²) >= 11 is 5.80. The molecule has 0 amide bonds. The molecular formula is C20H11ClF3N3O. The Morgan fingerprint density at radius 3 is 2.29 bits per heavy atom. The molecular weight excluding hydrogens is 391 g/mol. The van der Waals surface area contributed by atoms with Crippen LogP contribution in [0.15, 0.2) is 70.6 Å². The van der Waals surface area contributed by atoms with Crippen molar-refractivity contribution in [2.24, 2.45) is 5.10 Å². The fraction of sp³-hybridized carbons (Fsp3) is 0.0500. The molecule has 3 aromatic rings. The van der Waals surface area contributed by atoms with Crippen LogP contribution in [0.4, 0.5) is 13.2 Å². The number of hydrogen-bond donors (Lipinski definition) is 0. The highest BCUT2D eigenvalue weighted by Gasteiger charge is 2.36. The van der Waals surface area contributed by atoms with Crippen molar-refractivity contribution in [2.45, 2.75) is 6.18 Å². The molecule has 8 heteroatoms. The predicted octanol–water partition coefficient (Wildman–Crippen LogP) is 4.94. The maximum absolute atomic E-state index is 13.6. The second-order valence-corrected chi connectivity index (χ2v) is 6.14. The molecule has 0 aliphatic rings. The summed E-state index contributed by atoms with van der Waals surface area (Å²) < 4.78 is 41.0. The number of rotatable bonds is 3. The number of pyridine rings is 1. The van der Waals surface area contributed by atoms with E-state index in [9.17, 15) is 23.2 Å². The van der Waals surface area contributed by atoms with E-state index in [4.69, 9.17) is 11.6 Å². The van der Waals surface area contributed by atoms with Crippen LogP contribution >= 0.6 is 11.6 Å². The fourth-order valence-electron chi connectivity index (χ4n) is 2.55. The lowest BCUT2D eigenvalue weighted by Gasteiger charge is -2.14. The third-order valence-corrected chi connectivity index (χ3v) is 4.12. The van der Waals surface area contributed by atoms with Gasteiger partial charge in [0.05, 0.1) is 6.21 Å². The van der Waals surface area contributed by atoms with Gasteiger partial charge in [0, 0.05) is 10.6 Å². The number of alkyl halides is 3. The highest BCUT2D eigenvalue weighted by molar-refractivity contribution is 6.30.